The Morgan fingerprint density at radius 3 is 3.00 bits per heavy atom. The lowest BCUT2D eigenvalue weighted by molar-refractivity contribution is 0.0243. The van der Waals surface area contributed by atoms with Crippen molar-refractivity contribution in [1.29, 1.82) is 0 Å². The number of hydrogen-bond donors (Lipinski definition) is 2. The highest BCUT2D eigenvalue weighted by Crippen LogP contribution is 2.26. The normalized spacial score (nSPS) is 20.3. The van der Waals surface area contributed by atoms with Crippen molar-refractivity contribution in [2.75, 3.05) is 11.9 Å². The van der Waals surface area contributed by atoms with Gasteiger partial charge in [0.15, 0.2) is 5.65 Å². The SMILES string of the molecule is c1ccc(CCCOC2CCCC(Nc3ncnc4[nH]ncc34)C2)cc1. The molecule has 0 bridgehead atoms. The van der Waals surface area contributed by atoms with E-state index in [0.717, 1.165) is 55.6 Å². The first-order chi connectivity index (χ1) is 12.9. The van der Waals surface area contributed by atoms with Gasteiger partial charge >= 0.3 is 0 Å². The number of rotatable bonds is 7. The van der Waals surface area contributed by atoms with Gasteiger partial charge in [0.25, 0.3) is 0 Å². The minimum Gasteiger partial charge on any atom is -0.378 e. The predicted molar refractivity (Wildman–Crippen MR) is 102 cm³/mol. The van der Waals surface area contributed by atoms with Gasteiger partial charge in [-0.2, -0.15) is 5.10 Å². The zero-order chi connectivity index (χ0) is 17.6. The van der Waals surface area contributed by atoms with Gasteiger partial charge < -0.3 is 10.1 Å². The van der Waals surface area contributed by atoms with Crippen LogP contribution >= 0.6 is 0 Å². The number of hydrogen-bond acceptors (Lipinski definition) is 5. The molecule has 6 heteroatoms. The minimum absolute atomic E-state index is 0.332. The van der Waals surface area contributed by atoms with Crippen molar-refractivity contribution < 1.29 is 4.74 Å². The Morgan fingerprint density at radius 1 is 1.15 bits per heavy atom. The topological polar surface area (TPSA) is 75.7 Å². The molecule has 0 aliphatic heterocycles. The van der Waals surface area contributed by atoms with Crippen molar-refractivity contribution in [1.82, 2.24) is 20.2 Å². The van der Waals surface area contributed by atoms with Crippen LogP contribution in [0.5, 0.6) is 0 Å². The molecule has 2 atom stereocenters. The monoisotopic (exact) mass is 351 g/mol. The highest BCUT2D eigenvalue weighted by Gasteiger charge is 2.23. The molecule has 6 nitrogen and oxygen atoms in total. The molecule has 0 amide bonds. The second-order valence-electron chi connectivity index (χ2n) is 6.94. The van der Waals surface area contributed by atoms with Gasteiger partial charge in [-0.15, -0.1) is 0 Å². The standard InChI is InChI=1S/C20H25N5O/c1-2-6-15(7-3-1)8-5-11-26-17-10-4-9-16(12-17)24-19-18-13-23-25-20(18)22-14-21-19/h1-3,6-7,13-14,16-17H,4-5,8-12H2,(H2,21,22,23,24,25). The third kappa shape index (κ3) is 4.19. The number of nitrogens with one attached hydrogen (secondary N) is 2. The molecule has 3 aromatic rings. The molecular weight excluding hydrogens is 326 g/mol. The maximum atomic E-state index is 6.15. The fourth-order valence-corrected chi connectivity index (χ4v) is 3.67. The van der Waals surface area contributed by atoms with Crippen LogP contribution in [0.25, 0.3) is 11.0 Å². The molecule has 2 N–H and O–H groups in total. The molecule has 1 fully saturated rings. The average Bonchev–Trinajstić information content (AvgIpc) is 3.16. The van der Waals surface area contributed by atoms with Crippen LogP contribution in [0.2, 0.25) is 0 Å². The summed E-state index contributed by atoms with van der Waals surface area (Å²) in [6.07, 6.45) is 10.3. The van der Waals surface area contributed by atoms with Gasteiger partial charge in [-0.3, -0.25) is 5.10 Å². The second kappa shape index (κ2) is 8.27. The van der Waals surface area contributed by atoms with E-state index in [9.17, 15) is 0 Å². The Morgan fingerprint density at radius 2 is 2.08 bits per heavy atom. The largest absolute Gasteiger partial charge is 0.378 e. The van der Waals surface area contributed by atoms with Crippen LogP contribution in [0, 0.1) is 0 Å². The number of ether oxygens (including phenoxy) is 1. The lowest BCUT2D eigenvalue weighted by Gasteiger charge is -2.30. The van der Waals surface area contributed by atoms with Crippen LogP contribution in [-0.2, 0) is 11.2 Å². The third-order valence-corrected chi connectivity index (χ3v) is 5.02. The van der Waals surface area contributed by atoms with E-state index in [1.54, 1.807) is 12.5 Å². The fourth-order valence-electron chi connectivity index (χ4n) is 3.67. The summed E-state index contributed by atoms with van der Waals surface area (Å²) in [6.45, 7) is 0.825. The van der Waals surface area contributed by atoms with Gasteiger partial charge in [0, 0.05) is 12.6 Å². The Balaban J connectivity index is 1.25. The third-order valence-electron chi connectivity index (χ3n) is 5.02. The second-order valence-corrected chi connectivity index (χ2v) is 6.94. The number of H-pyrrole nitrogens is 1. The van der Waals surface area contributed by atoms with E-state index in [1.807, 2.05) is 0 Å². The molecule has 0 spiro atoms. The summed E-state index contributed by atoms with van der Waals surface area (Å²) in [5.74, 6) is 0.860. The van der Waals surface area contributed by atoms with Crippen molar-refractivity contribution >= 4 is 16.9 Å². The smallest absolute Gasteiger partial charge is 0.160 e. The Labute approximate surface area is 153 Å². The number of aryl methyl sites for hydroxylation is 1. The summed E-state index contributed by atoms with van der Waals surface area (Å²) in [5, 5.41) is 11.4. The van der Waals surface area contributed by atoms with E-state index in [2.05, 4.69) is 55.8 Å². The first-order valence-corrected chi connectivity index (χ1v) is 9.44. The van der Waals surface area contributed by atoms with Crippen molar-refractivity contribution in [3.8, 4) is 0 Å². The molecule has 136 valence electrons. The molecule has 2 aromatic heterocycles. The molecule has 1 aliphatic carbocycles. The molecule has 2 unspecified atom stereocenters. The Kier molecular flexibility index (Phi) is 5.40. The fraction of sp³-hybridized carbons (Fsp3) is 0.450. The van der Waals surface area contributed by atoms with Crippen LogP contribution in [0.4, 0.5) is 5.82 Å². The summed E-state index contributed by atoms with van der Waals surface area (Å²) in [6, 6.07) is 11.0. The van der Waals surface area contributed by atoms with Gasteiger partial charge in [0.1, 0.15) is 12.1 Å². The molecule has 1 aliphatic rings. The van der Waals surface area contributed by atoms with Gasteiger partial charge in [-0.05, 0) is 44.1 Å². The molecule has 4 rings (SSSR count). The molecule has 1 saturated carbocycles. The van der Waals surface area contributed by atoms with Gasteiger partial charge in [0.05, 0.1) is 17.7 Å². The first kappa shape index (κ1) is 17.0. The number of nitrogens with zero attached hydrogens (tertiary/aromatic N) is 3. The number of benzene rings is 1. The van der Waals surface area contributed by atoms with Crippen LogP contribution < -0.4 is 5.32 Å². The number of aromatic amines is 1. The van der Waals surface area contributed by atoms with Crippen LogP contribution in [0.15, 0.2) is 42.9 Å². The van der Waals surface area contributed by atoms with E-state index in [1.165, 1.54) is 12.0 Å². The van der Waals surface area contributed by atoms with Gasteiger partial charge in [0.2, 0.25) is 0 Å². The van der Waals surface area contributed by atoms with Crippen LogP contribution in [0.1, 0.15) is 37.7 Å². The Bertz CT molecular complexity index is 819. The average molecular weight is 351 g/mol. The molecular formula is C20H25N5O. The molecule has 2 heterocycles. The highest BCUT2D eigenvalue weighted by molar-refractivity contribution is 5.85. The van der Waals surface area contributed by atoms with E-state index in [4.69, 9.17) is 4.74 Å². The number of aromatic nitrogens is 4. The van der Waals surface area contributed by atoms with E-state index < -0.39 is 0 Å². The van der Waals surface area contributed by atoms with Crippen LogP contribution in [-0.4, -0.2) is 38.9 Å². The van der Waals surface area contributed by atoms with Crippen LogP contribution in [0.3, 0.4) is 0 Å². The Hall–Kier alpha value is -2.47. The zero-order valence-electron chi connectivity index (χ0n) is 14.9. The molecule has 26 heavy (non-hydrogen) atoms. The number of fused-ring (bicyclic) bond motifs is 1. The van der Waals surface area contributed by atoms with Gasteiger partial charge in [-0.1, -0.05) is 30.3 Å². The number of anilines is 1. The van der Waals surface area contributed by atoms with Crippen molar-refractivity contribution in [2.45, 2.75) is 50.7 Å². The maximum absolute atomic E-state index is 6.15. The zero-order valence-corrected chi connectivity index (χ0v) is 14.9. The molecule has 0 saturated heterocycles. The van der Waals surface area contributed by atoms with Gasteiger partial charge in [-0.25, -0.2) is 9.97 Å². The first-order valence-electron chi connectivity index (χ1n) is 9.44. The molecule has 0 radical (unpaired) electrons. The van der Waals surface area contributed by atoms with Crippen molar-refractivity contribution in [3.63, 3.8) is 0 Å². The summed E-state index contributed by atoms with van der Waals surface area (Å²) in [4.78, 5) is 8.58. The quantitative estimate of drug-likeness (QED) is 0.635. The highest BCUT2D eigenvalue weighted by atomic mass is 16.5. The molecule has 1 aromatic carbocycles. The van der Waals surface area contributed by atoms with E-state index in [-0.39, 0.29) is 0 Å². The summed E-state index contributed by atoms with van der Waals surface area (Å²) < 4.78 is 6.15. The minimum atomic E-state index is 0.332. The lowest BCUT2D eigenvalue weighted by atomic mass is 9.92. The van der Waals surface area contributed by atoms with Crippen molar-refractivity contribution in [2.24, 2.45) is 0 Å². The summed E-state index contributed by atoms with van der Waals surface area (Å²) >= 11 is 0. The lowest BCUT2D eigenvalue weighted by Crippen LogP contribution is -2.32. The van der Waals surface area contributed by atoms with E-state index in [0.29, 0.717) is 12.1 Å². The predicted octanol–water partition coefficient (Wildman–Crippen LogP) is 3.73. The summed E-state index contributed by atoms with van der Waals surface area (Å²) in [7, 11) is 0. The summed E-state index contributed by atoms with van der Waals surface area (Å²) in [5.41, 5.74) is 2.15. The maximum Gasteiger partial charge on any atom is 0.160 e. The van der Waals surface area contributed by atoms with Crippen molar-refractivity contribution in [3.05, 3.63) is 48.4 Å². The van der Waals surface area contributed by atoms with E-state index >= 15 is 0 Å².